The van der Waals surface area contributed by atoms with Crippen molar-refractivity contribution in [2.75, 3.05) is 6.61 Å². The quantitative estimate of drug-likeness (QED) is 0.283. The van der Waals surface area contributed by atoms with Crippen LogP contribution in [-0.4, -0.2) is 34.3 Å². The second-order valence-corrected chi connectivity index (χ2v) is 10.1. The third-order valence-corrected chi connectivity index (χ3v) is 7.22. The molecule has 2 aromatic carbocycles. The fourth-order valence-electron chi connectivity index (χ4n) is 3.70. The molecule has 0 saturated carbocycles. The van der Waals surface area contributed by atoms with Crippen molar-refractivity contribution >= 4 is 13.7 Å². The summed E-state index contributed by atoms with van der Waals surface area (Å²) in [5.41, 5.74) is -0.264. The second-order valence-electron chi connectivity index (χ2n) is 8.45. The van der Waals surface area contributed by atoms with Crippen LogP contribution in [0.4, 0.5) is 0 Å². The lowest BCUT2D eigenvalue weighted by Gasteiger charge is -2.24. The van der Waals surface area contributed by atoms with Gasteiger partial charge in [0.1, 0.15) is 24.6 Å². The minimum atomic E-state index is -4.05. The molecule has 1 fully saturated rings. The van der Waals surface area contributed by atoms with E-state index in [4.69, 9.17) is 18.5 Å². The van der Waals surface area contributed by atoms with E-state index in [1.54, 1.807) is 30.3 Å². The van der Waals surface area contributed by atoms with E-state index in [1.165, 1.54) is 23.8 Å². The summed E-state index contributed by atoms with van der Waals surface area (Å²) in [5.74, 6) is -0.341. The van der Waals surface area contributed by atoms with Crippen LogP contribution in [0.1, 0.15) is 31.6 Å². The van der Waals surface area contributed by atoms with Gasteiger partial charge in [-0.3, -0.25) is 23.7 Å². The average Bonchev–Trinajstić information content (AvgIpc) is 3.36. The summed E-state index contributed by atoms with van der Waals surface area (Å²) in [6.45, 7) is 1.44. The largest absolute Gasteiger partial charge is 0.460 e. The molecular weight excluding hydrogens is 501 g/mol. The monoisotopic (exact) mass is 529 g/mol. The van der Waals surface area contributed by atoms with Crippen LogP contribution in [-0.2, 0) is 30.0 Å². The number of ether oxygens (including phenoxy) is 2. The van der Waals surface area contributed by atoms with E-state index in [0.717, 1.165) is 5.56 Å². The molecule has 11 nitrogen and oxygen atoms in total. The molecule has 4 rings (SSSR count). The topological polar surface area (TPSA) is 138 Å². The van der Waals surface area contributed by atoms with Crippen molar-refractivity contribution in [3.05, 3.63) is 99.3 Å². The van der Waals surface area contributed by atoms with Crippen molar-refractivity contribution in [1.82, 2.24) is 14.6 Å². The van der Waals surface area contributed by atoms with Crippen LogP contribution in [0.5, 0.6) is 5.75 Å². The van der Waals surface area contributed by atoms with Gasteiger partial charge < -0.3 is 14.0 Å². The Balaban J connectivity index is 1.39. The van der Waals surface area contributed by atoms with Crippen LogP contribution >= 0.6 is 7.75 Å². The number of nitrogens with one attached hydrogen (secondary N) is 2. The lowest BCUT2D eigenvalue weighted by Crippen LogP contribution is -2.35. The molecule has 4 atom stereocenters. The van der Waals surface area contributed by atoms with Gasteiger partial charge in [-0.2, -0.15) is 5.09 Å². The molecule has 0 spiro atoms. The number of aromatic amines is 1. The van der Waals surface area contributed by atoms with Gasteiger partial charge in [0.15, 0.2) is 0 Å². The third kappa shape index (κ3) is 7.50. The van der Waals surface area contributed by atoms with Gasteiger partial charge in [0.05, 0.1) is 12.7 Å². The summed E-state index contributed by atoms with van der Waals surface area (Å²) < 4.78 is 37.5. The van der Waals surface area contributed by atoms with E-state index < -0.39 is 43.3 Å². The van der Waals surface area contributed by atoms with E-state index in [2.05, 4.69) is 10.1 Å². The van der Waals surface area contributed by atoms with Crippen LogP contribution in [0.15, 0.2) is 82.5 Å². The smallest absolute Gasteiger partial charge is 0.459 e. The summed E-state index contributed by atoms with van der Waals surface area (Å²) in [7, 11) is -4.05. The van der Waals surface area contributed by atoms with E-state index in [1.807, 2.05) is 30.3 Å². The number of nitrogens with zero attached hydrogens (tertiary/aromatic N) is 1. The molecule has 12 heteroatoms. The highest BCUT2D eigenvalue weighted by Gasteiger charge is 2.35. The summed E-state index contributed by atoms with van der Waals surface area (Å²) >= 11 is 0. The highest BCUT2D eigenvalue weighted by molar-refractivity contribution is 7.52. The Kier molecular flexibility index (Phi) is 8.73. The standard InChI is InChI=1S/C25H28N3O8P/c1-18(24(30)33-16-19-8-4-2-5-9-19)27-37(32,36-20-10-6-3-7-11-20)34-17-21-12-13-23(35-21)28-15-14-22(29)26-25(28)31/h2-11,14-15,18,21,23H,12-13,16-17H2,1H3,(H,27,32)(H,26,29,31)/t18-,21-,23+,37?/m0/s1. The van der Waals surface area contributed by atoms with Gasteiger partial charge in [0.2, 0.25) is 0 Å². The number of aromatic nitrogens is 2. The van der Waals surface area contributed by atoms with Gasteiger partial charge in [-0.05, 0) is 37.5 Å². The Morgan fingerprint density at radius 1 is 1.11 bits per heavy atom. The van der Waals surface area contributed by atoms with Crippen LogP contribution in [0.25, 0.3) is 0 Å². The van der Waals surface area contributed by atoms with Gasteiger partial charge in [0.25, 0.3) is 5.56 Å². The highest BCUT2D eigenvalue weighted by Crippen LogP contribution is 2.45. The summed E-state index contributed by atoms with van der Waals surface area (Å²) in [6.07, 6.45) is 1.25. The molecule has 0 radical (unpaired) electrons. The number of benzene rings is 2. The maximum atomic E-state index is 13.7. The van der Waals surface area contributed by atoms with Crippen LogP contribution in [0.3, 0.4) is 0 Å². The molecular formula is C25H28N3O8P. The molecule has 0 aliphatic carbocycles. The molecule has 0 amide bonds. The molecule has 3 aromatic rings. The predicted octanol–water partition coefficient (Wildman–Crippen LogP) is 3.14. The van der Waals surface area contributed by atoms with Crippen LogP contribution in [0.2, 0.25) is 0 Å². The van der Waals surface area contributed by atoms with Crippen LogP contribution < -0.4 is 20.9 Å². The average molecular weight is 529 g/mol. The Labute approximate surface area is 212 Å². The number of para-hydroxylation sites is 1. The Hall–Kier alpha value is -3.50. The van der Waals surface area contributed by atoms with Gasteiger partial charge in [-0.25, -0.2) is 9.36 Å². The first-order valence-corrected chi connectivity index (χ1v) is 13.3. The number of hydrogen-bond acceptors (Lipinski definition) is 8. The van der Waals surface area contributed by atoms with Crippen molar-refractivity contribution in [2.45, 2.75) is 44.7 Å². The Morgan fingerprint density at radius 3 is 2.51 bits per heavy atom. The maximum Gasteiger partial charge on any atom is 0.459 e. The van der Waals surface area contributed by atoms with Crippen molar-refractivity contribution in [3.63, 3.8) is 0 Å². The van der Waals surface area contributed by atoms with E-state index in [0.29, 0.717) is 12.8 Å². The SMILES string of the molecule is C[C@H](NP(=O)(OC[C@@H]1CC[C@H](n2ccc(=O)[nH]c2=O)O1)Oc1ccccc1)C(=O)OCc1ccccc1. The molecule has 1 unspecified atom stereocenters. The highest BCUT2D eigenvalue weighted by atomic mass is 31.2. The van der Waals surface area contributed by atoms with E-state index in [-0.39, 0.29) is 19.0 Å². The normalized spacial score (nSPS) is 19.6. The minimum absolute atomic E-state index is 0.0673. The zero-order valence-electron chi connectivity index (χ0n) is 20.1. The number of rotatable bonds is 11. The molecule has 0 bridgehead atoms. The number of hydrogen-bond donors (Lipinski definition) is 2. The van der Waals surface area contributed by atoms with E-state index >= 15 is 0 Å². The molecule has 1 aliphatic rings. The first-order valence-electron chi connectivity index (χ1n) is 11.8. The molecule has 1 saturated heterocycles. The Morgan fingerprint density at radius 2 is 1.81 bits per heavy atom. The van der Waals surface area contributed by atoms with Gasteiger partial charge >= 0.3 is 19.4 Å². The lowest BCUT2D eigenvalue weighted by molar-refractivity contribution is -0.146. The molecule has 2 N–H and O–H groups in total. The molecule has 1 aliphatic heterocycles. The predicted molar refractivity (Wildman–Crippen MR) is 134 cm³/mol. The number of H-pyrrole nitrogens is 1. The summed E-state index contributed by atoms with van der Waals surface area (Å²) in [6, 6.07) is 17.8. The lowest BCUT2D eigenvalue weighted by atomic mass is 10.2. The van der Waals surface area contributed by atoms with Gasteiger partial charge in [-0.1, -0.05) is 48.5 Å². The Bertz CT molecular complexity index is 1350. The number of carbonyl (C=O) groups excluding carboxylic acids is 1. The maximum absolute atomic E-state index is 13.7. The first kappa shape index (κ1) is 26.6. The third-order valence-electron chi connectivity index (χ3n) is 5.57. The second kappa shape index (κ2) is 12.2. The number of esters is 1. The van der Waals surface area contributed by atoms with Crippen molar-refractivity contribution in [2.24, 2.45) is 0 Å². The fraction of sp³-hybridized carbons (Fsp3) is 0.320. The van der Waals surface area contributed by atoms with E-state index in [9.17, 15) is 18.9 Å². The zero-order valence-corrected chi connectivity index (χ0v) is 21.0. The molecule has 1 aromatic heterocycles. The van der Waals surface area contributed by atoms with Gasteiger partial charge in [0, 0.05) is 12.3 Å². The molecule has 196 valence electrons. The minimum Gasteiger partial charge on any atom is -0.460 e. The molecule has 37 heavy (non-hydrogen) atoms. The molecule has 2 heterocycles. The summed E-state index contributed by atoms with van der Waals surface area (Å²) in [5, 5.41) is 2.65. The first-order chi connectivity index (χ1) is 17.8. The van der Waals surface area contributed by atoms with Gasteiger partial charge in [-0.15, -0.1) is 0 Å². The fourth-order valence-corrected chi connectivity index (χ4v) is 5.22. The van der Waals surface area contributed by atoms with Crippen molar-refractivity contribution in [3.8, 4) is 5.75 Å². The number of carbonyl (C=O) groups is 1. The van der Waals surface area contributed by atoms with Crippen molar-refractivity contribution in [1.29, 1.82) is 0 Å². The zero-order chi connectivity index (χ0) is 26.3. The van der Waals surface area contributed by atoms with Crippen LogP contribution in [0, 0.1) is 0 Å². The summed E-state index contributed by atoms with van der Waals surface area (Å²) in [4.78, 5) is 38.1. The van der Waals surface area contributed by atoms with Crippen molar-refractivity contribution < 1.29 is 27.9 Å².